The van der Waals surface area contributed by atoms with Crippen LogP contribution in [0.2, 0.25) is 0 Å². The zero-order chi connectivity index (χ0) is 21.3. The molecule has 0 bridgehead atoms. The average molecular weight is 539 g/mol. The monoisotopic (exact) mass is 539 g/mol. The molecule has 0 aliphatic heterocycles. The highest BCUT2D eigenvalue weighted by molar-refractivity contribution is 14.0. The predicted molar refractivity (Wildman–Crippen MR) is 137 cm³/mol. The van der Waals surface area contributed by atoms with Crippen molar-refractivity contribution in [3.8, 4) is 5.75 Å². The van der Waals surface area contributed by atoms with Gasteiger partial charge >= 0.3 is 0 Å². The summed E-state index contributed by atoms with van der Waals surface area (Å²) in [5.41, 5.74) is 0.791. The van der Waals surface area contributed by atoms with Crippen molar-refractivity contribution in [2.75, 3.05) is 19.7 Å². The van der Waals surface area contributed by atoms with Crippen LogP contribution in [-0.2, 0) is 6.54 Å². The second-order valence-electron chi connectivity index (χ2n) is 7.26. The summed E-state index contributed by atoms with van der Waals surface area (Å²) < 4.78 is 14.0. The number of benzene rings is 1. The standard InChI is InChI=1S/C23H33N5O2.HI/c1-5-24-23(26-12-7-8-14-28-15-13-25-18(28)4)27-17(3)21-16-19-10-9-11-20(29-6-2)22(19)30-21;/h9-11,13,15-17H,5-8,12,14H2,1-4H3,(H2,24,26,27);1H. The zero-order valence-electron chi connectivity index (χ0n) is 18.9. The normalized spacial score (nSPS) is 12.5. The van der Waals surface area contributed by atoms with Gasteiger partial charge < -0.3 is 24.4 Å². The molecule has 1 unspecified atom stereocenters. The van der Waals surface area contributed by atoms with Crippen molar-refractivity contribution in [2.45, 2.75) is 53.1 Å². The number of aliphatic imine (C=N–C) groups is 1. The predicted octanol–water partition coefficient (Wildman–Crippen LogP) is 5.05. The van der Waals surface area contributed by atoms with Gasteiger partial charge in [0.15, 0.2) is 17.3 Å². The molecule has 1 atom stereocenters. The number of unbranched alkanes of at least 4 members (excludes halogenated alkanes) is 1. The van der Waals surface area contributed by atoms with E-state index in [0.717, 1.165) is 66.7 Å². The van der Waals surface area contributed by atoms with Crippen LogP contribution >= 0.6 is 24.0 Å². The van der Waals surface area contributed by atoms with Crippen LogP contribution in [0, 0.1) is 6.92 Å². The van der Waals surface area contributed by atoms with Gasteiger partial charge in [0.25, 0.3) is 0 Å². The highest BCUT2D eigenvalue weighted by Crippen LogP contribution is 2.31. The van der Waals surface area contributed by atoms with Gasteiger partial charge in [0, 0.05) is 37.4 Å². The number of imidazole rings is 1. The first-order chi connectivity index (χ1) is 14.6. The first-order valence-electron chi connectivity index (χ1n) is 10.8. The Kier molecular flexibility index (Phi) is 10.2. The number of rotatable bonds is 10. The lowest BCUT2D eigenvalue weighted by Gasteiger charge is -2.16. The minimum atomic E-state index is -0.0155. The van der Waals surface area contributed by atoms with Crippen molar-refractivity contribution in [3.05, 3.63) is 48.2 Å². The third-order valence-corrected chi connectivity index (χ3v) is 4.95. The molecular formula is C23H34IN5O2. The molecule has 0 fully saturated rings. The molecule has 2 N–H and O–H groups in total. The lowest BCUT2D eigenvalue weighted by Crippen LogP contribution is -2.38. The molecule has 0 amide bonds. The van der Waals surface area contributed by atoms with Gasteiger partial charge in [-0.05, 0) is 52.7 Å². The van der Waals surface area contributed by atoms with Crippen LogP contribution < -0.4 is 15.4 Å². The van der Waals surface area contributed by atoms with Gasteiger partial charge in [0.1, 0.15) is 11.6 Å². The molecule has 170 valence electrons. The number of nitrogens with one attached hydrogen (secondary N) is 2. The van der Waals surface area contributed by atoms with E-state index in [1.807, 2.05) is 44.4 Å². The van der Waals surface area contributed by atoms with Crippen molar-refractivity contribution in [3.63, 3.8) is 0 Å². The van der Waals surface area contributed by atoms with E-state index in [4.69, 9.17) is 14.1 Å². The van der Waals surface area contributed by atoms with Crippen LogP contribution in [0.5, 0.6) is 5.75 Å². The maximum atomic E-state index is 6.11. The van der Waals surface area contributed by atoms with Crippen LogP contribution in [-0.4, -0.2) is 35.2 Å². The molecule has 0 saturated heterocycles. The number of nitrogens with zero attached hydrogens (tertiary/aromatic N) is 3. The average Bonchev–Trinajstić information content (AvgIpc) is 3.35. The molecule has 8 heteroatoms. The fourth-order valence-corrected chi connectivity index (χ4v) is 3.36. The molecule has 0 spiro atoms. The second kappa shape index (κ2) is 12.6. The van der Waals surface area contributed by atoms with Crippen molar-refractivity contribution in [1.29, 1.82) is 0 Å². The maximum Gasteiger partial charge on any atom is 0.191 e. The van der Waals surface area contributed by atoms with E-state index >= 15 is 0 Å². The van der Waals surface area contributed by atoms with Crippen LogP contribution in [0.25, 0.3) is 11.0 Å². The Morgan fingerprint density at radius 1 is 1.29 bits per heavy atom. The Morgan fingerprint density at radius 2 is 2.13 bits per heavy atom. The summed E-state index contributed by atoms with van der Waals surface area (Å²) in [7, 11) is 0. The van der Waals surface area contributed by atoms with Gasteiger partial charge in [0.05, 0.1) is 12.6 Å². The Balaban J connectivity index is 0.00000341. The Hall–Kier alpha value is -2.23. The zero-order valence-corrected chi connectivity index (χ0v) is 21.2. The van der Waals surface area contributed by atoms with E-state index in [0.29, 0.717) is 6.61 Å². The smallest absolute Gasteiger partial charge is 0.191 e. The van der Waals surface area contributed by atoms with Crippen molar-refractivity contribution >= 4 is 40.9 Å². The topological polar surface area (TPSA) is 76.6 Å². The summed E-state index contributed by atoms with van der Waals surface area (Å²) >= 11 is 0. The lowest BCUT2D eigenvalue weighted by molar-refractivity contribution is 0.336. The largest absolute Gasteiger partial charge is 0.490 e. The quantitative estimate of drug-likeness (QED) is 0.163. The molecule has 0 aliphatic rings. The van der Waals surface area contributed by atoms with Gasteiger partial charge in [0.2, 0.25) is 0 Å². The summed E-state index contributed by atoms with van der Waals surface area (Å²) in [5.74, 6) is 3.50. The summed E-state index contributed by atoms with van der Waals surface area (Å²) in [6, 6.07) is 8.01. The van der Waals surface area contributed by atoms with Crippen molar-refractivity contribution in [2.24, 2.45) is 4.99 Å². The summed E-state index contributed by atoms with van der Waals surface area (Å²) in [5, 5.41) is 7.81. The highest BCUT2D eigenvalue weighted by atomic mass is 127. The van der Waals surface area contributed by atoms with E-state index in [9.17, 15) is 0 Å². The molecule has 31 heavy (non-hydrogen) atoms. The molecule has 2 aromatic heterocycles. The van der Waals surface area contributed by atoms with E-state index in [-0.39, 0.29) is 30.0 Å². The summed E-state index contributed by atoms with van der Waals surface area (Å²) in [4.78, 5) is 8.98. The maximum absolute atomic E-state index is 6.11. The first kappa shape index (κ1) is 25.0. The van der Waals surface area contributed by atoms with E-state index in [2.05, 4.69) is 40.1 Å². The molecule has 2 heterocycles. The van der Waals surface area contributed by atoms with Crippen LogP contribution in [0.4, 0.5) is 0 Å². The fraction of sp³-hybridized carbons (Fsp3) is 0.478. The number of hydrogen-bond acceptors (Lipinski definition) is 4. The minimum absolute atomic E-state index is 0. The van der Waals surface area contributed by atoms with Gasteiger partial charge in [-0.25, -0.2) is 4.98 Å². The molecule has 3 rings (SSSR count). The van der Waals surface area contributed by atoms with Gasteiger partial charge in [-0.2, -0.15) is 0 Å². The van der Waals surface area contributed by atoms with Gasteiger partial charge in [-0.1, -0.05) is 12.1 Å². The molecule has 7 nitrogen and oxygen atoms in total. The Bertz CT molecular complexity index is 966. The van der Waals surface area contributed by atoms with Gasteiger partial charge in [-0.15, -0.1) is 24.0 Å². The molecule has 1 aromatic carbocycles. The number of halogens is 1. The van der Waals surface area contributed by atoms with E-state index in [1.165, 1.54) is 0 Å². The third-order valence-electron chi connectivity index (χ3n) is 4.95. The van der Waals surface area contributed by atoms with Gasteiger partial charge in [-0.3, -0.25) is 4.99 Å². The summed E-state index contributed by atoms with van der Waals surface area (Å²) in [6.07, 6.45) is 5.96. The number of fused-ring (bicyclic) bond motifs is 1. The number of para-hydroxylation sites is 1. The third kappa shape index (κ3) is 6.88. The Labute approximate surface area is 201 Å². The molecule has 3 aromatic rings. The number of aryl methyl sites for hydroxylation is 2. The number of ether oxygens (including phenoxy) is 1. The second-order valence-corrected chi connectivity index (χ2v) is 7.26. The number of hydrogen-bond donors (Lipinski definition) is 2. The number of aromatic nitrogens is 2. The fourth-order valence-electron chi connectivity index (χ4n) is 3.36. The SMILES string of the molecule is CCNC(=NCCCCn1ccnc1C)NC(C)c1cc2cccc(OCC)c2o1.I. The first-order valence-corrected chi connectivity index (χ1v) is 10.8. The van der Waals surface area contributed by atoms with Crippen LogP contribution in [0.15, 0.2) is 46.1 Å². The summed E-state index contributed by atoms with van der Waals surface area (Å²) in [6.45, 7) is 11.3. The van der Waals surface area contributed by atoms with Crippen molar-refractivity contribution < 1.29 is 9.15 Å². The molecule has 0 aliphatic carbocycles. The molecule has 0 saturated carbocycles. The van der Waals surface area contributed by atoms with Crippen LogP contribution in [0.1, 0.15) is 51.2 Å². The molecular weight excluding hydrogens is 505 g/mol. The Morgan fingerprint density at radius 3 is 2.84 bits per heavy atom. The number of guanidine groups is 1. The minimum Gasteiger partial charge on any atom is -0.490 e. The van der Waals surface area contributed by atoms with Crippen LogP contribution in [0.3, 0.4) is 0 Å². The number of furan rings is 1. The highest BCUT2D eigenvalue weighted by Gasteiger charge is 2.15. The van der Waals surface area contributed by atoms with E-state index in [1.54, 1.807) is 0 Å². The lowest BCUT2D eigenvalue weighted by atomic mass is 10.2. The van der Waals surface area contributed by atoms with E-state index < -0.39 is 0 Å². The van der Waals surface area contributed by atoms with Crippen molar-refractivity contribution in [1.82, 2.24) is 20.2 Å². The molecule has 0 radical (unpaired) electrons.